The van der Waals surface area contributed by atoms with Gasteiger partial charge in [-0.2, -0.15) is 0 Å². The van der Waals surface area contributed by atoms with E-state index >= 15 is 0 Å². The largest absolute Gasteiger partial charge is 0.424 e. The van der Waals surface area contributed by atoms with Crippen LogP contribution in [0.5, 0.6) is 5.75 Å². The van der Waals surface area contributed by atoms with Crippen molar-refractivity contribution < 1.29 is 13.9 Å². The van der Waals surface area contributed by atoms with Gasteiger partial charge in [0.25, 0.3) is 0 Å². The van der Waals surface area contributed by atoms with Crippen molar-refractivity contribution in [2.45, 2.75) is 12.8 Å². The maximum Gasteiger partial charge on any atom is 0.379 e. The van der Waals surface area contributed by atoms with Crippen molar-refractivity contribution in [2.75, 3.05) is 0 Å². The summed E-state index contributed by atoms with van der Waals surface area (Å²) in [6.45, 7) is 1.20. The van der Waals surface area contributed by atoms with Crippen LogP contribution in [0.4, 0.5) is 0 Å². The molecule has 0 unspecified atom stereocenters. The number of carbonyl (C=O) groups is 1. The molecule has 0 fully saturated rings. The predicted octanol–water partition coefficient (Wildman–Crippen LogP) is 1.30. The van der Waals surface area contributed by atoms with Gasteiger partial charge < -0.3 is 9.15 Å². The van der Waals surface area contributed by atoms with Gasteiger partial charge in [-0.1, -0.05) is 0 Å². The van der Waals surface area contributed by atoms with Crippen LogP contribution in [0, 0.1) is 0 Å². The summed E-state index contributed by atoms with van der Waals surface area (Å²) in [6.07, 6.45) is 0. The molecule has 0 aliphatic rings. The molecule has 13 heavy (non-hydrogen) atoms. The molecule has 5 heteroatoms. The van der Waals surface area contributed by atoms with Crippen molar-refractivity contribution in [3.63, 3.8) is 0 Å². The van der Waals surface area contributed by atoms with Gasteiger partial charge in [0.1, 0.15) is 5.76 Å². The van der Waals surface area contributed by atoms with E-state index in [1.54, 1.807) is 0 Å². The van der Waals surface area contributed by atoms with Crippen molar-refractivity contribution in [3.8, 4) is 5.75 Å². The lowest BCUT2D eigenvalue weighted by molar-refractivity contribution is -0.132. The molecule has 0 saturated heterocycles. The first-order chi connectivity index (χ1) is 6.13. The zero-order valence-corrected chi connectivity index (χ0v) is 7.63. The molecule has 0 amide bonds. The summed E-state index contributed by atoms with van der Waals surface area (Å²) < 4.78 is 9.25. The molecule has 0 aromatic carbocycles. The quantitative estimate of drug-likeness (QED) is 0.536. The van der Waals surface area contributed by atoms with Gasteiger partial charge in [0.15, 0.2) is 0 Å². The molecule has 4 nitrogen and oxygen atoms in total. The zero-order valence-electron chi connectivity index (χ0n) is 6.87. The minimum Gasteiger partial charge on any atom is -0.424 e. The summed E-state index contributed by atoms with van der Waals surface area (Å²) in [6, 6.07) is 2.83. The van der Waals surface area contributed by atoms with Crippen LogP contribution in [0.15, 0.2) is 21.3 Å². The van der Waals surface area contributed by atoms with Crippen LogP contribution in [0.1, 0.15) is 12.7 Å². The Morgan fingerprint density at radius 3 is 2.77 bits per heavy atom. The second kappa shape index (κ2) is 4.09. The first-order valence-electron chi connectivity index (χ1n) is 3.51. The summed E-state index contributed by atoms with van der Waals surface area (Å²) in [5, 5.41) is 0. The Hall–Kier alpha value is -1.29. The summed E-state index contributed by atoms with van der Waals surface area (Å²) in [7, 11) is 0. The highest BCUT2D eigenvalue weighted by atomic mass is 35.5. The van der Waals surface area contributed by atoms with Crippen molar-refractivity contribution in [1.82, 2.24) is 0 Å². The lowest BCUT2D eigenvalue weighted by atomic mass is 10.4. The average molecular weight is 203 g/mol. The van der Waals surface area contributed by atoms with Gasteiger partial charge in [0.2, 0.25) is 5.75 Å². The highest BCUT2D eigenvalue weighted by molar-refractivity contribution is 6.16. The van der Waals surface area contributed by atoms with Crippen LogP contribution in [-0.4, -0.2) is 5.97 Å². The predicted molar refractivity (Wildman–Crippen MR) is 45.8 cm³/mol. The topological polar surface area (TPSA) is 56.5 Å². The first-order valence-corrected chi connectivity index (χ1v) is 4.04. The van der Waals surface area contributed by atoms with Crippen molar-refractivity contribution in [3.05, 3.63) is 28.3 Å². The van der Waals surface area contributed by atoms with Gasteiger partial charge in [-0.05, 0) is 12.1 Å². The Morgan fingerprint density at radius 1 is 1.62 bits per heavy atom. The Balaban J connectivity index is 2.99. The summed E-state index contributed by atoms with van der Waals surface area (Å²) in [5.74, 6) is -0.245. The molecule has 0 radical (unpaired) electrons. The van der Waals surface area contributed by atoms with Gasteiger partial charge in [-0.3, -0.25) is 4.79 Å². The highest BCUT2D eigenvalue weighted by Crippen LogP contribution is 2.07. The molecule has 1 heterocycles. The van der Waals surface area contributed by atoms with E-state index in [0.717, 1.165) is 0 Å². The van der Waals surface area contributed by atoms with Crippen LogP contribution < -0.4 is 10.4 Å². The number of ether oxygens (including phenoxy) is 1. The molecule has 0 atom stereocenters. The zero-order chi connectivity index (χ0) is 9.84. The molecule has 0 N–H and O–H groups in total. The average Bonchev–Trinajstić information content (AvgIpc) is 2.08. The van der Waals surface area contributed by atoms with E-state index in [-0.39, 0.29) is 11.6 Å². The van der Waals surface area contributed by atoms with E-state index in [2.05, 4.69) is 4.74 Å². The Kier molecular flexibility index (Phi) is 3.08. The van der Waals surface area contributed by atoms with Crippen LogP contribution in [0.3, 0.4) is 0 Å². The molecule has 1 aromatic rings. The van der Waals surface area contributed by atoms with Gasteiger partial charge in [-0.25, -0.2) is 4.79 Å². The molecule has 0 aliphatic carbocycles. The molecule has 1 rings (SSSR count). The summed E-state index contributed by atoms with van der Waals surface area (Å²) >= 11 is 5.42. The van der Waals surface area contributed by atoms with E-state index in [1.165, 1.54) is 19.1 Å². The molecular formula is C8H7ClO4. The van der Waals surface area contributed by atoms with Gasteiger partial charge >= 0.3 is 11.6 Å². The van der Waals surface area contributed by atoms with E-state index in [0.29, 0.717) is 5.76 Å². The van der Waals surface area contributed by atoms with Crippen LogP contribution in [0.2, 0.25) is 0 Å². The molecule has 0 spiro atoms. The molecule has 0 bridgehead atoms. The molecular weight excluding hydrogens is 196 g/mol. The van der Waals surface area contributed by atoms with Gasteiger partial charge in [0.05, 0.1) is 5.88 Å². The third-order valence-corrected chi connectivity index (χ3v) is 1.49. The Bertz CT molecular complexity index is 369. The number of hydrogen-bond acceptors (Lipinski definition) is 4. The fourth-order valence-electron chi connectivity index (χ4n) is 0.742. The highest BCUT2D eigenvalue weighted by Gasteiger charge is 2.05. The number of rotatable bonds is 2. The maximum absolute atomic E-state index is 11.0. The SMILES string of the molecule is CC(=O)Oc1ccc(CCl)oc1=O. The van der Waals surface area contributed by atoms with Crippen molar-refractivity contribution in [1.29, 1.82) is 0 Å². The minimum absolute atomic E-state index is 0.107. The fraction of sp³-hybridized carbons (Fsp3) is 0.250. The van der Waals surface area contributed by atoms with Crippen LogP contribution in [-0.2, 0) is 10.7 Å². The van der Waals surface area contributed by atoms with Crippen LogP contribution >= 0.6 is 11.6 Å². The lowest BCUT2D eigenvalue weighted by Crippen LogP contribution is -2.11. The number of halogens is 1. The second-order valence-corrected chi connectivity index (χ2v) is 2.55. The van der Waals surface area contributed by atoms with Crippen molar-refractivity contribution in [2.24, 2.45) is 0 Å². The lowest BCUT2D eigenvalue weighted by Gasteiger charge is -1.98. The molecule has 0 saturated carbocycles. The first kappa shape index (κ1) is 9.80. The molecule has 70 valence electrons. The minimum atomic E-state index is -0.701. The maximum atomic E-state index is 11.0. The number of alkyl halides is 1. The third kappa shape index (κ3) is 2.59. The number of hydrogen-bond donors (Lipinski definition) is 0. The standard InChI is InChI=1S/C8H7ClO4/c1-5(10)12-7-3-2-6(4-9)13-8(7)11/h2-3H,4H2,1H3. The second-order valence-electron chi connectivity index (χ2n) is 2.28. The smallest absolute Gasteiger partial charge is 0.379 e. The summed E-state index contributed by atoms with van der Waals surface area (Å²) in [4.78, 5) is 21.5. The molecule has 1 aromatic heterocycles. The van der Waals surface area contributed by atoms with Crippen molar-refractivity contribution >= 4 is 17.6 Å². The Morgan fingerprint density at radius 2 is 2.31 bits per heavy atom. The van der Waals surface area contributed by atoms with E-state index < -0.39 is 11.6 Å². The molecule has 0 aliphatic heterocycles. The van der Waals surface area contributed by atoms with Gasteiger partial charge in [-0.15, -0.1) is 11.6 Å². The van der Waals surface area contributed by atoms with Gasteiger partial charge in [0, 0.05) is 6.92 Å². The number of esters is 1. The van der Waals surface area contributed by atoms with E-state index in [4.69, 9.17) is 16.0 Å². The van der Waals surface area contributed by atoms with Crippen LogP contribution in [0.25, 0.3) is 0 Å². The number of carbonyl (C=O) groups excluding carboxylic acids is 1. The Labute approximate surface area is 79.1 Å². The fourth-order valence-corrected chi connectivity index (χ4v) is 0.886. The third-order valence-electron chi connectivity index (χ3n) is 1.23. The van der Waals surface area contributed by atoms with E-state index in [1.807, 2.05) is 0 Å². The summed E-state index contributed by atoms with van der Waals surface area (Å²) in [5.41, 5.74) is -0.701. The monoisotopic (exact) mass is 202 g/mol. The normalized spacial score (nSPS) is 9.69. The van der Waals surface area contributed by atoms with E-state index in [9.17, 15) is 9.59 Å².